The van der Waals surface area contributed by atoms with Gasteiger partial charge in [-0.1, -0.05) is 24.3 Å². The fourth-order valence-electron chi connectivity index (χ4n) is 4.26. The van der Waals surface area contributed by atoms with Crippen molar-refractivity contribution in [2.45, 2.75) is 51.7 Å². The molecular formula is C23H24N2O. The highest BCUT2D eigenvalue weighted by atomic mass is 16.3. The van der Waals surface area contributed by atoms with Gasteiger partial charge in [-0.05, 0) is 73.7 Å². The highest BCUT2D eigenvalue weighted by molar-refractivity contribution is 5.99. The van der Waals surface area contributed by atoms with Gasteiger partial charge in [0.15, 0.2) is 5.69 Å². The zero-order chi connectivity index (χ0) is 18.3. The first kappa shape index (κ1) is 16.9. The van der Waals surface area contributed by atoms with Crippen molar-refractivity contribution in [1.82, 2.24) is 4.57 Å². The van der Waals surface area contributed by atoms with Crippen LogP contribution in [0.15, 0.2) is 42.6 Å². The molecule has 1 N–H and O–H groups in total. The molecule has 1 aliphatic carbocycles. The van der Waals surface area contributed by atoms with Crippen LogP contribution < -0.4 is 0 Å². The highest BCUT2D eigenvalue weighted by Gasteiger charge is 2.24. The minimum atomic E-state index is -0.210. The number of aliphatic hydroxyl groups excluding tert-OH is 1. The van der Waals surface area contributed by atoms with Gasteiger partial charge in [0.1, 0.15) is 0 Å². The zero-order valence-corrected chi connectivity index (χ0v) is 15.4. The molecule has 1 saturated carbocycles. The van der Waals surface area contributed by atoms with E-state index in [2.05, 4.69) is 53.7 Å². The monoisotopic (exact) mass is 344 g/mol. The number of aliphatic hydroxyl groups is 1. The Balaban J connectivity index is 1.95. The summed E-state index contributed by atoms with van der Waals surface area (Å²) in [5.74, 6) is 0. The smallest absolute Gasteiger partial charge is 0.188 e. The standard InChI is InChI=1S/C23H24N2O/c1-15-6-4-9-20(16(15)2)22-14-25(18-7-5-8-19(26)13-18)23-11-10-17(24-3)12-21(22)23/h4,6,9-12,14,18-19,26H,5,7-8,13H2,1-2H3/t18-,19+/m1/s1. The Bertz CT molecular complexity index is 1010. The third kappa shape index (κ3) is 2.81. The van der Waals surface area contributed by atoms with Crippen LogP contribution in [0.25, 0.3) is 26.9 Å². The molecule has 0 radical (unpaired) electrons. The van der Waals surface area contributed by atoms with Crippen LogP contribution in [-0.2, 0) is 0 Å². The van der Waals surface area contributed by atoms with Gasteiger partial charge >= 0.3 is 0 Å². The topological polar surface area (TPSA) is 29.5 Å². The van der Waals surface area contributed by atoms with E-state index in [1.165, 1.54) is 22.3 Å². The molecule has 0 unspecified atom stereocenters. The molecular weight excluding hydrogens is 320 g/mol. The lowest BCUT2D eigenvalue weighted by Crippen LogP contribution is -2.21. The quantitative estimate of drug-likeness (QED) is 0.572. The van der Waals surface area contributed by atoms with Gasteiger partial charge in [-0.15, -0.1) is 0 Å². The van der Waals surface area contributed by atoms with Crippen LogP contribution >= 0.6 is 0 Å². The minimum Gasteiger partial charge on any atom is -0.393 e. The van der Waals surface area contributed by atoms with Crippen LogP contribution in [0.1, 0.15) is 42.9 Å². The van der Waals surface area contributed by atoms with E-state index < -0.39 is 0 Å². The maximum absolute atomic E-state index is 10.1. The highest BCUT2D eigenvalue weighted by Crippen LogP contribution is 2.39. The first-order chi connectivity index (χ1) is 12.6. The molecule has 2 aromatic carbocycles. The van der Waals surface area contributed by atoms with Crippen molar-refractivity contribution < 1.29 is 5.11 Å². The number of aromatic nitrogens is 1. The van der Waals surface area contributed by atoms with Crippen molar-refractivity contribution in [3.63, 3.8) is 0 Å². The Morgan fingerprint density at radius 1 is 1.12 bits per heavy atom. The molecule has 1 aromatic heterocycles. The van der Waals surface area contributed by atoms with Crippen LogP contribution in [0.3, 0.4) is 0 Å². The van der Waals surface area contributed by atoms with Crippen molar-refractivity contribution >= 4 is 16.6 Å². The summed E-state index contributed by atoms with van der Waals surface area (Å²) in [7, 11) is 0. The Morgan fingerprint density at radius 3 is 2.73 bits per heavy atom. The zero-order valence-electron chi connectivity index (χ0n) is 15.4. The number of aryl methyl sites for hydroxylation is 1. The third-order valence-corrected chi connectivity index (χ3v) is 5.85. The van der Waals surface area contributed by atoms with E-state index in [1.54, 1.807) is 0 Å². The second-order valence-corrected chi connectivity index (χ2v) is 7.49. The lowest BCUT2D eigenvalue weighted by molar-refractivity contribution is 0.105. The third-order valence-electron chi connectivity index (χ3n) is 5.85. The van der Waals surface area contributed by atoms with E-state index in [0.717, 1.165) is 36.6 Å². The maximum Gasteiger partial charge on any atom is 0.188 e. The van der Waals surface area contributed by atoms with Crippen molar-refractivity contribution in [2.24, 2.45) is 0 Å². The summed E-state index contributed by atoms with van der Waals surface area (Å²) in [6.45, 7) is 11.7. The number of nitrogens with zero attached hydrogens (tertiary/aromatic N) is 2. The Morgan fingerprint density at radius 2 is 1.96 bits per heavy atom. The molecule has 3 nitrogen and oxygen atoms in total. The fraction of sp³-hybridized carbons (Fsp3) is 0.348. The fourth-order valence-corrected chi connectivity index (χ4v) is 4.26. The number of fused-ring (bicyclic) bond motifs is 1. The number of hydrogen-bond donors (Lipinski definition) is 1. The molecule has 3 aromatic rings. The minimum absolute atomic E-state index is 0.210. The number of rotatable bonds is 2. The van der Waals surface area contributed by atoms with E-state index in [0.29, 0.717) is 11.7 Å². The summed E-state index contributed by atoms with van der Waals surface area (Å²) in [6, 6.07) is 12.7. The van der Waals surface area contributed by atoms with E-state index in [-0.39, 0.29) is 6.10 Å². The summed E-state index contributed by atoms with van der Waals surface area (Å²) < 4.78 is 2.34. The first-order valence-electron chi connectivity index (χ1n) is 9.35. The first-order valence-corrected chi connectivity index (χ1v) is 9.35. The Kier molecular flexibility index (Phi) is 4.30. The van der Waals surface area contributed by atoms with Gasteiger partial charge in [0.05, 0.1) is 12.7 Å². The van der Waals surface area contributed by atoms with Crippen molar-refractivity contribution in [2.75, 3.05) is 0 Å². The van der Waals surface area contributed by atoms with E-state index >= 15 is 0 Å². The van der Waals surface area contributed by atoms with Crippen LogP contribution in [0, 0.1) is 20.4 Å². The van der Waals surface area contributed by atoms with Gasteiger partial charge in [-0.3, -0.25) is 0 Å². The van der Waals surface area contributed by atoms with Crippen molar-refractivity contribution in [3.8, 4) is 11.1 Å². The van der Waals surface area contributed by atoms with E-state index in [9.17, 15) is 5.11 Å². The van der Waals surface area contributed by atoms with Gasteiger partial charge in [0.2, 0.25) is 0 Å². The molecule has 3 heteroatoms. The second kappa shape index (κ2) is 6.63. The predicted octanol–water partition coefficient (Wildman–Crippen LogP) is 5.95. The molecule has 1 heterocycles. The molecule has 0 aliphatic heterocycles. The molecule has 0 spiro atoms. The second-order valence-electron chi connectivity index (χ2n) is 7.49. The lowest BCUT2D eigenvalue weighted by atomic mass is 9.93. The lowest BCUT2D eigenvalue weighted by Gasteiger charge is -2.28. The molecule has 1 fully saturated rings. The maximum atomic E-state index is 10.1. The molecule has 2 atom stereocenters. The number of benzene rings is 2. The van der Waals surface area contributed by atoms with E-state index in [1.807, 2.05) is 12.1 Å². The molecule has 0 bridgehead atoms. The molecule has 4 rings (SSSR count). The predicted molar refractivity (Wildman–Crippen MR) is 107 cm³/mol. The van der Waals surface area contributed by atoms with Crippen LogP contribution in [-0.4, -0.2) is 15.8 Å². The van der Waals surface area contributed by atoms with E-state index in [4.69, 9.17) is 6.57 Å². The van der Waals surface area contributed by atoms with Gasteiger partial charge < -0.3 is 9.67 Å². The molecule has 132 valence electrons. The van der Waals surface area contributed by atoms with Crippen LogP contribution in [0.5, 0.6) is 0 Å². The molecule has 0 amide bonds. The summed E-state index contributed by atoms with van der Waals surface area (Å²) in [5.41, 5.74) is 6.80. The SMILES string of the molecule is [C-]#[N+]c1ccc2c(c1)c(-c1cccc(C)c1C)cn2[C@@H]1CCC[C@H](O)C1. The molecule has 1 aliphatic rings. The molecule has 26 heavy (non-hydrogen) atoms. The summed E-state index contributed by atoms with van der Waals surface area (Å²) >= 11 is 0. The Hall–Kier alpha value is -2.57. The van der Waals surface area contributed by atoms with Crippen LogP contribution in [0.4, 0.5) is 5.69 Å². The van der Waals surface area contributed by atoms with Crippen molar-refractivity contribution in [1.29, 1.82) is 0 Å². The summed E-state index contributed by atoms with van der Waals surface area (Å²) in [6.07, 6.45) is 5.89. The average molecular weight is 344 g/mol. The van der Waals surface area contributed by atoms with Gasteiger partial charge in [-0.2, -0.15) is 0 Å². The normalized spacial score (nSPS) is 20.2. The van der Waals surface area contributed by atoms with Crippen molar-refractivity contribution in [3.05, 3.63) is 65.1 Å². The Labute approximate surface area is 154 Å². The molecule has 0 saturated heterocycles. The van der Waals surface area contributed by atoms with Gasteiger partial charge in [0.25, 0.3) is 0 Å². The van der Waals surface area contributed by atoms with Crippen LogP contribution in [0.2, 0.25) is 0 Å². The summed E-state index contributed by atoms with van der Waals surface area (Å²) in [5, 5.41) is 11.3. The largest absolute Gasteiger partial charge is 0.393 e. The summed E-state index contributed by atoms with van der Waals surface area (Å²) in [4.78, 5) is 3.63. The van der Waals surface area contributed by atoms with Gasteiger partial charge in [0, 0.05) is 23.3 Å². The average Bonchev–Trinajstić information content (AvgIpc) is 3.02. The number of hydrogen-bond acceptors (Lipinski definition) is 1. The van der Waals surface area contributed by atoms with Gasteiger partial charge in [-0.25, -0.2) is 4.85 Å².